The SMILES string of the molecule is C=CC1=C(C)c2cc3[nH]c(cc4nc(cc5c(CCC(=O)O)c(C)c(cc1n2)n5-c1ccccc1)C(CCC(=O)O)=C4C)c(C)c3C=C. The third-order valence-electron chi connectivity index (χ3n) is 9.40. The van der Waals surface area contributed by atoms with Gasteiger partial charge in [-0.15, -0.1) is 0 Å². The summed E-state index contributed by atoms with van der Waals surface area (Å²) >= 11 is 0. The molecule has 0 radical (unpaired) electrons. The number of hydrogen-bond donors (Lipinski definition) is 3. The fourth-order valence-corrected chi connectivity index (χ4v) is 6.76. The Labute approximate surface area is 279 Å². The van der Waals surface area contributed by atoms with Gasteiger partial charge in [-0.3, -0.25) is 9.59 Å². The van der Waals surface area contributed by atoms with Crippen LogP contribution >= 0.6 is 0 Å². The van der Waals surface area contributed by atoms with E-state index in [0.29, 0.717) is 18.5 Å². The lowest BCUT2D eigenvalue weighted by atomic mass is 10.00. The van der Waals surface area contributed by atoms with E-state index in [-0.39, 0.29) is 12.8 Å². The monoisotopic (exact) mass is 638 g/mol. The zero-order valence-corrected chi connectivity index (χ0v) is 27.6. The maximum Gasteiger partial charge on any atom is 0.303 e. The molecule has 5 heterocycles. The molecule has 0 fully saturated rings. The van der Waals surface area contributed by atoms with Crippen molar-refractivity contribution in [1.82, 2.24) is 19.5 Å². The number of aryl methyl sites for hydroxylation is 3. The molecule has 0 aliphatic carbocycles. The Kier molecular flexibility index (Phi) is 8.58. The lowest BCUT2D eigenvalue weighted by molar-refractivity contribution is -0.137. The number of allylic oxidation sites excluding steroid dienone is 5. The zero-order chi connectivity index (χ0) is 34.3. The summed E-state index contributed by atoms with van der Waals surface area (Å²) in [7, 11) is 0. The van der Waals surface area contributed by atoms with Gasteiger partial charge in [-0.25, -0.2) is 9.97 Å². The second-order valence-electron chi connectivity index (χ2n) is 12.2. The highest BCUT2D eigenvalue weighted by atomic mass is 16.4. The van der Waals surface area contributed by atoms with E-state index in [0.717, 1.165) is 89.4 Å². The van der Waals surface area contributed by atoms with E-state index in [1.165, 1.54) is 0 Å². The van der Waals surface area contributed by atoms with Crippen molar-refractivity contribution < 1.29 is 19.8 Å². The topological polar surface area (TPSA) is 121 Å². The van der Waals surface area contributed by atoms with Crippen molar-refractivity contribution in [3.8, 4) is 5.69 Å². The summed E-state index contributed by atoms with van der Waals surface area (Å²) in [5.74, 6) is -1.78. The van der Waals surface area contributed by atoms with Crippen LogP contribution in [0, 0.1) is 13.8 Å². The average molecular weight is 639 g/mol. The third-order valence-corrected chi connectivity index (χ3v) is 9.40. The van der Waals surface area contributed by atoms with E-state index in [1.54, 1.807) is 0 Å². The number of aliphatic carboxylic acids is 2. The van der Waals surface area contributed by atoms with Gasteiger partial charge in [-0.1, -0.05) is 43.5 Å². The normalized spacial score (nSPS) is 12.8. The van der Waals surface area contributed by atoms with Gasteiger partial charge in [0.15, 0.2) is 0 Å². The Morgan fingerprint density at radius 2 is 1.38 bits per heavy atom. The van der Waals surface area contributed by atoms with Crippen molar-refractivity contribution in [2.24, 2.45) is 0 Å². The smallest absolute Gasteiger partial charge is 0.303 e. The van der Waals surface area contributed by atoms with Gasteiger partial charge in [0, 0.05) is 40.7 Å². The van der Waals surface area contributed by atoms with Crippen LogP contribution in [0.1, 0.15) is 78.1 Å². The van der Waals surface area contributed by atoms with Crippen LogP contribution in [-0.2, 0) is 16.0 Å². The molecule has 242 valence electrons. The number of aromatic nitrogens is 4. The molecule has 3 N–H and O–H groups in total. The van der Waals surface area contributed by atoms with Crippen LogP contribution in [0.3, 0.4) is 0 Å². The van der Waals surface area contributed by atoms with Crippen molar-refractivity contribution >= 4 is 62.4 Å². The fraction of sp³-hybridized carbons (Fsp3) is 0.200. The summed E-state index contributed by atoms with van der Waals surface area (Å²) in [6.45, 7) is 16.3. The predicted octanol–water partition coefficient (Wildman–Crippen LogP) is 8.97. The zero-order valence-electron chi connectivity index (χ0n) is 27.6. The molecule has 4 aromatic rings. The predicted molar refractivity (Wildman–Crippen MR) is 194 cm³/mol. The molecule has 0 amide bonds. The Hall–Kier alpha value is -5.76. The summed E-state index contributed by atoms with van der Waals surface area (Å²) in [5.41, 5.74) is 14.6. The van der Waals surface area contributed by atoms with E-state index in [2.05, 4.69) is 22.7 Å². The van der Waals surface area contributed by atoms with Gasteiger partial charge in [0.1, 0.15) is 0 Å². The summed E-state index contributed by atoms with van der Waals surface area (Å²) in [4.78, 5) is 37.4. The maximum absolute atomic E-state index is 11.9. The molecule has 0 saturated heterocycles. The number of carboxylic acid groups (broad SMARTS) is 2. The highest BCUT2D eigenvalue weighted by Crippen LogP contribution is 2.38. The number of aromatic amines is 1. The minimum Gasteiger partial charge on any atom is -0.481 e. The molecule has 0 spiro atoms. The first-order valence-electron chi connectivity index (χ1n) is 15.9. The molecule has 3 aromatic heterocycles. The summed E-state index contributed by atoms with van der Waals surface area (Å²) in [6.07, 6.45) is 4.15. The maximum atomic E-state index is 11.9. The number of carboxylic acids is 2. The molecule has 0 unspecified atom stereocenters. The molecule has 8 bridgehead atoms. The van der Waals surface area contributed by atoms with E-state index in [9.17, 15) is 19.8 Å². The van der Waals surface area contributed by atoms with Gasteiger partial charge in [-0.05, 0) is 110 Å². The summed E-state index contributed by atoms with van der Waals surface area (Å²) < 4.78 is 2.13. The van der Waals surface area contributed by atoms with E-state index in [1.807, 2.05) is 94.4 Å². The van der Waals surface area contributed by atoms with Crippen molar-refractivity contribution in [2.75, 3.05) is 0 Å². The lowest BCUT2D eigenvalue weighted by Crippen LogP contribution is -1.99. The summed E-state index contributed by atoms with van der Waals surface area (Å²) in [5, 5.41) is 19.4. The number of para-hydroxylation sites is 1. The molecule has 2 aliphatic rings. The molecule has 6 rings (SSSR count). The van der Waals surface area contributed by atoms with Crippen LogP contribution in [0.2, 0.25) is 0 Å². The number of benzene rings is 1. The van der Waals surface area contributed by atoms with Crippen LogP contribution in [-0.4, -0.2) is 41.7 Å². The Balaban J connectivity index is 1.86. The minimum absolute atomic E-state index is 0.0495. The fourth-order valence-electron chi connectivity index (χ4n) is 6.76. The quantitative estimate of drug-likeness (QED) is 0.168. The second-order valence-corrected chi connectivity index (χ2v) is 12.2. The number of nitrogens with zero attached hydrogens (tertiary/aromatic N) is 3. The number of rotatable bonds is 9. The summed E-state index contributed by atoms with van der Waals surface area (Å²) in [6, 6.07) is 18.0. The number of H-pyrrole nitrogens is 1. The molecule has 2 aliphatic heterocycles. The Morgan fingerprint density at radius 1 is 0.750 bits per heavy atom. The molecule has 0 atom stereocenters. The van der Waals surface area contributed by atoms with Gasteiger partial charge >= 0.3 is 11.9 Å². The van der Waals surface area contributed by atoms with Crippen molar-refractivity contribution in [2.45, 2.75) is 53.4 Å². The van der Waals surface area contributed by atoms with Crippen LogP contribution in [0.25, 0.3) is 56.1 Å². The molecule has 0 saturated carbocycles. The van der Waals surface area contributed by atoms with Gasteiger partial charge in [0.2, 0.25) is 0 Å². The highest BCUT2D eigenvalue weighted by Gasteiger charge is 2.23. The number of fused-ring (bicyclic) bond motifs is 8. The molecular weight excluding hydrogens is 600 g/mol. The van der Waals surface area contributed by atoms with Gasteiger partial charge < -0.3 is 19.8 Å². The van der Waals surface area contributed by atoms with Crippen molar-refractivity contribution in [1.29, 1.82) is 0 Å². The highest BCUT2D eigenvalue weighted by molar-refractivity contribution is 5.98. The largest absolute Gasteiger partial charge is 0.481 e. The van der Waals surface area contributed by atoms with Gasteiger partial charge in [0.25, 0.3) is 0 Å². The van der Waals surface area contributed by atoms with Gasteiger partial charge in [-0.2, -0.15) is 0 Å². The molecule has 8 heteroatoms. The average Bonchev–Trinajstić information content (AvgIpc) is 3.70. The van der Waals surface area contributed by atoms with Crippen LogP contribution in [0.5, 0.6) is 0 Å². The third kappa shape index (κ3) is 5.70. The minimum atomic E-state index is -0.890. The lowest BCUT2D eigenvalue weighted by Gasteiger charge is -2.09. The Morgan fingerprint density at radius 3 is 2.04 bits per heavy atom. The first-order chi connectivity index (χ1) is 23.0. The van der Waals surface area contributed by atoms with Crippen LogP contribution < -0.4 is 0 Å². The molecular formula is C40H38N4O4. The number of nitrogens with one attached hydrogen (secondary N) is 1. The van der Waals surface area contributed by atoms with Crippen molar-refractivity contribution in [3.63, 3.8) is 0 Å². The Bertz CT molecular complexity index is 2270. The second kappa shape index (κ2) is 12.8. The first-order valence-corrected chi connectivity index (χ1v) is 15.9. The van der Waals surface area contributed by atoms with E-state index >= 15 is 0 Å². The van der Waals surface area contributed by atoms with Gasteiger partial charge in [0.05, 0.1) is 33.8 Å². The molecule has 8 nitrogen and oxygen atoms in total. The van der Waals surface area contributed by atoms with Crippen LogP contribution in [0.4, 0.5) is 0 Å². The number of carbonyl (C=O) groups is 2. The molecule has 48 heavy (non-hydrogen) atoms. The number of hydrogen-bond acceptors (Lipinski definition) is 4. The van der Waals surface area contributed by atoms with Crippen molar-refractivity contribution in [3.05, 3.63) is 119 Å². The van der Waals surface area contributed by atoms with Crippen LogP contribution in [0.15, 0.2) is 73.8 Å². The molecule has 1 aromatic carbocycles. The van der Waals surface area contributed by atoms with E-state index in [4.69, 9.17) is 9.97 Å². The standard InChI is InChI=1S/C40H38N4O4/c1-7-27-22(3)31-18-32-24(5)29(14-16-39(45)46)36(43-32)21-38-30(15-17-40(47)48)25(6)37(44(38)26-12-10-9-11-13-26)20-35-28(8-2)23(4)33(42-35)19-34(27)41-31/h7-13,18-21,41H,1-2,14-17H2,3-6H3,(H,45,46)(H,47,48). The van der Waals surface area contributed by atoms with E-state index < -0.39 is 11.9 Å². The first kappa shape index (κ1) is 32.2.